The van der Waals surface area contributed by atoms with Crippen LogP contribution in [0.2, 0.25) is 0 Å². The van der Waals surface area contributed by atoms with E-state index in [1.807, 2.05) is 54.7 Å². The summed E-state index contributed by atoms with van der Waals surface area (Å²) < 4.78 is 1.11. The van der Waals surface area contributed by atoms with Gasteiger partial charge in [0.25, 0.3) is 0 Å². The molecule has 33 heavy (non-hydrogen) atoms. The van der Waals surface area contributed by atoms with Gasteiger partial charge < -0.3 is 17.2 Å². The minimum atomic E-state index is -0.563. The number of primary amides is 1. The highest BCUT2D eigenvalue weighted by atomic mass is 32.1. The predicted molar refractivity (Wildman–Crippen MR) is 139 cm³/mol. The second-order valence-electron chi connectivity index (χ2n) is 7.52. The quantitative estimate of drug-likeness (QED) is 0.294. The first-order valence-corrected chi connectivity index (χ1v) is 12.1. The van der Waals surface area contributed by atoms with Crippen molar-refractivity contribution in [1.82, 2.24) is 4.98 Å². The molecule has 0 saturated carbocycles. The lowest BCUT2D eigenvalue weighted by molar-refractivity contribution is 0.256. The standard InChI is InChI=1S/C25H21N5OS2/c26-11-15-2-1-3-19(10-15)30(25(28)31)18-6-4-16(5-7-18)21-14-33-23-20(17-8-9-32-13-17)12-29-24(27)22(21)23/h1-10,12-14H,11,26H2,(H2,27,29)(H2,28,31). The number of pyridine rings is 1. The van der Waals surface area contributed by atoms with E-state index < -0.39 is 6.03 Å². The number of urea groups is 1. The van der Waals surface area contributed by atoms with Gasteiger partial charge in [-0.15, -0.1) is 11.3 Å². The topological polar surface area (TPSA) is 111 Å². The highest BCUT2D eigenvalue weighted by molar-refractivity contribution is 7.18. The highest BCUT2D eigenvalue weighted by Gasteiger charge is 2.18. The van der Waals surface area contributed by atoms with Crippen molar-refractivity contribution in [1.29, 1.82) is 0 Å². The summed E-state index contributed by atoms with van der Waals surface area (Å²) in [6.07, 6.45) is 1.84. The monoisotopic (exact) mass is 471 g/mol. The van der Waals surface area contributed by atoms with E-state index in [0.29, 0.717) is 23.7 Å². The summed E-state index contributed by atoms with van der Waals surface area (Å²) in [4.78, 5) is 18.2. The first-order chi connectivity index (χ1) is 16.1. The van der Waals surface area contributed by atoms with Gasteiger partial charge in [-0.3, -0.25) is 4.90 Å². The summed E-state index contributed by atoms with van der Waals surface area (Å²) in [6, 6.07) is 16.7. The number of rotatable bonds is 5. The van der Waals surface area contributed by atoms with Crippen molar-refractivity contribution in [2.75, 3.05) is 10.6 Å². The second-order valence-corrected chi connectivity index (χ2v) is 9.18. The molecule has 2 aromatic carbocycles. The van der Waals surface area contributed by atoms with E-state index >= 15 is 0 Å². The van der Waals surface area contributed by atoms with E-state index in [4.69, 9.17) is 17.2 Å². The Labute approximate surface area is 198 Å². The molecule has 8 heteroatoms. The Balaban J connectivity index is 1.56. The van der Waals surface area contributed by atoms with Crippen molar-refractivity contribution >= 4 is 56.0 Å². The molecule has 164 valence electrons. The molecule has 6 nitrogen and oxygen atoms in total. The normalized spacial score (nSPS) is 11.1. The Bertz CT molecular complexity index is 1440. The molecule has 0 spiro atoms. The summed E-state index contributed by atoms with van der Waals surface area (Å²) >= 11 is 3.31. The van der Waals surface area contributed by atoms with Gasteiger partial charge in [-0.25, -0.2) is 9.78 Å². The Morgan fingerprint density at radius 2 is 1.79 bits per heavy atom. The third-order valence-electron chi connectivity index (χ3n) is 5.52. The number of nitrogens with two attached hydrogens (primary N) is 3. The summed E-state index contributed by atoms with van der Waals surface area (Å²) in [5.41, 5.74) is 24.3. The molecule has 0 unspecified atom stereocenters. The van der Waals surface area contributed by atoms with Crippen molar-refractivity contribution in [2.24, 2.45) is 11.5 Å². The molecule has 2 amide bonds. The molecule has 0 atom stereocenters. The number of hydrogen-bond acceptors (Lipinski definition) is 6. The maximum absolute atomic E-state index is 12.3. The van der Waals surface area contributed by atoms with E-state index in [-0.39, 0.29) is 0 Å². The lowest BCUT2D eigenvalue weighted by Crippen LogP contribution is -2.31. The fourth-order valence-corrected chi connectivity index (χ4v) is 5.70. The van der Waals surface area contributed by atoms with E-state index in [1.165, 1.54) is 4.90 Å². The molecule has 0 aliphatic heterocycles. The minimum absolute atomic E-state index is 0.382. The smallest absolute Gasteiger partial charge is 0.323 e. The zero-order valence-corrected chi connectivity index (χ0v) is 19.2. The van der Waals surface area contributed by atoms with Crippen LogP contribution >= 0.6 is 22.7 Å². The van der Waals surface area contributed by atoms with Crippen LogP contribution in [0.4, 0.5) is 22.0 Å². The SMILES string of the molecule is NCc1cccc(N(C(N)=O)c2ccc(-c3csc4c(-c5ccsc5)cnc(N)c34)cc2)c1. The molecule has 3 heterocycles. The third kappa shape index (κ3) is 3.84. The van der Waals surface area contributed by atoms with Crippen LogP contribution in [0.5, 0.6) is 0 Å². The fourth-order valence-electron chi connectivity index (χ4n) is 3.92. The minimum Gasteiger partial charge on any atom is -0.383 e. The number of nitrogen functional groups attached to an aromatic ring is 1. The summed E-state index contributed by atoms with van der Waals surface area (Å²) in [7, 11) is 0. The first-order valence-electron chi connectivity index (χ1n) is 10.2. The van der Waals surface area contributed by atoms with Crippen LogP contribution in [0.1, 0.15) is 5.56 Å². The van der Waals surface area contributed by atoms with Crippen LogP contribution in [0.25, 0.3) is 32.3 Å². The van der Waals surface area contributed by atoms with Crippen molar-refractivity contribution in [3.63, 3.8) is 0 Å². The number of carbonyl (C=O) groups excluding carboxylic acids is 1. The molecule has 0 fully saturated rings. The first kappa shape index (κ1) is 21.1. The Morgan fingerprint density at radius 3 is 2.48 bits per heavy atom. The average molecular weight is 472 g/mol. The molecule has 3 aromatic heterocycles. The molecule has 5 aromatic rings. The third-order valence-corrected chi connectivity index (χ3v) is 7.21. The molecule has 0 radical (unpaired) electrons. The van der Waals surface area contributed by atoms with Gasteiger partial charge in [0, 0.05) is 34.0 Å². The number of nitrogens with zero attached hydrogens (tertiary/aromatic N) is 2. The van der Waals surface area contributed by atoms with Gasteiger partial charge in [0.15, 0.2) is 0 Å². The van der Waals surface area contributed by atoms with Crippen LogP contribution in [0, 0.1) is 0 Å². The fraction of sp³-hybridized carbons (Fsp3) is 0.0400. The maximum Gasteiger partial charge on any atom is 0.323 e. The molecule has 0 bridgehead atoms. The summed E-state index contributed by atoms with van der Waals surface area (Å²) in [6.45, 7) is 0.382. The predicted octanol–water partition coefficient (Wildman–Crippen LogP) is 5.95. The molecule has 6 N–H and O–H groups in total. The number of carbonyl (C=O) groups is 1. The van der Waals surface area contributed by atoms with Crippen molar-refractivity contribution in [2.45, 2.75) is 6.54 Å². The Kier molecular flexibility index (Phi) is 5.55. The Morgan fingerprint density at radius 1 is 0.970 bits per heavy atom. The molecular formula is C25H21N5OS2. The molecular weight excluding hydrogens is 450 g/mol. The maximum atomic E-state index is 12.3. The largest absolute Gasteiger partial charge is 0.383 e. The van der Waals surface area contributed by atoms with Crippen LogP contribution in [0.3, 0.4) is 0 Å². The van der Waals surface area contributed by atoms with Gasteiger partial charge >= 0.3 is 6.03 Å². The van der Waals surface area contributed by atoms with E-state index in [2.05, 4.69) is 27.2 Å². The van der Waals surface area contributed by atoms with E-state index in [9.17, 15) is 4.79 Å². The molecule has 0 aliphatic rings. The molecule has 0 saturated heterocycles. The summed E-state index contributed by atoms with van der Waals surface area (Å²) in [5.74, 6) is 0.502. The molecule has 5 rings (SSSR count). The van der Waals surface area contributed by atoms with Crippen molar-refractivity contribution in [3.8, 4) is 22.3 Å². The number of hydrogen-bond donors (Lipinski definition) is 3. The highest BCUT2D eigenvalue weighted by Crippen LogP contribution is 2.42. The van der Waals surface area contributed by atoms with Crippen LogP contribution < -0.4 is 22.1 Å². The van der Waals surface area contributed by atoms with E-state index in [1.54, 1.807) is 22.7 Å². The van der Waals surface area contributed by atoms with Gasteiger partial charge in [-0.05, 0) is 63.2 Å². The van der Waals surface area contributed by atoms with Crippen LogP contribution in [0.15, 0.2) is 76.9 Å². The summed E-state index contributed by atoms with van der Waals surface area (Å²) in [5, 5.41) is 7.21. The van der Waals surface area contributed by atoms with Crippen LogP contribution in [-0.4, -0.2) is 11.0 Å². The number of amides is 2. The van der Waals surface area contributed by atoms with Gasteiger partial charge in [-0.1, -0.05) is 24.3 Å². The second kappa shape index (κ2) is 8.67. The zero-order valence-electron chi connectivity index (χ0n) is 17.6. The number of thiophene rings is 2. The molecule has 0 aliphatic carbocycles. The lowest BCUT2D eigenvalue weighted by atomic mass is 10.0. The number of aromatic nitrogens is 1. The zero-order chi connectivity index (χ0) is 22.9. The average Bonchev–Trinajstić information content (AvgIpc) is 3.51. The van der Waals surface area contributed by atoms with Gasteiger partial charge in [0.1, 0.15) is 5.82 Å². The van der Waals surface area contributed by atoms with Gasteiger partial charge in [0.05, 0.1) is 11.4 Å². The van der Waals surface area contributed by atoms with E-state index in [0.717, 1.165) is 37.9 Å². The van der Waals surface area contributed by atoms with Gasteiger partial charge in [-0.2, -0.15) is 11.3 Å². The Hall–Kier alpha value is -3.72. The van der Waals surface area contributed by atoms with Gasteiger partial charge in [0.2, 0.25) is 0 Å². The van der Waals surface area contributed by atoms with Crippen molar-refractivity contribution in [3.05, 3.63) is 82.5 Å². The number of fused-ring (bicyclic) bond motifs is 1. The lowest BCUT2D eigenvalue weighted by Gasteiger charge is -2.21. The van der Waals surface area contributed by atoms with Crippen LogP contribution in [-0.2, 0) is 6.54 Å². The number of benzene rings is 2. The van der Waals surface area contributed by atoms with Crippen molar-refractivity contribution < 1.29 is 4.79 Å². The number of anilines is 3.